The van der Waals surface area contributed by atoms with Gasteiger partial charge in [0.2, 0.25) is 0 Å². The molecule has 1 aliphatic heterocycles. The predicted molar refractivity (Wildman–Crippen MR) is 48.7 cm³/mol. The number of rotatable bonds is 1. The van der Waals surface area contributed by atoms with Gasteiger partial charge in [0, 0.05) is 5.56 Å². The van der Waals surface area contributed by atoms with E-state index in [-0.39, 0.29) is 5.91 Å². The van der Waals surface area contributed by atoms with Crippen molar-refractivity contribution < 1.29 is 9.59 Å². The summed E-state index contributed by atoms with van der Waals surface area (Å²) in [7, 11) is 0. The molecule has 1 aromatic rings. The van der Waals surface area contributed by atoms with Crippen molar-refractivity contribution in [2.75, 3.05) is 0 Å². The van der Waals surface area contributed by atoms with Crippen LogP contribution in [-0.2, 0) is 4.79 Å². The maximum Gasteiger partial charge on any atom is 0.322 e. The first-order valence-electron chi connectivity index (χ1n) is 3.53. The summed E-state index contributed by atoms with van der Waals surface area (Å²) in [5, 5.41) is 6.38. The van der Waals surface area contributed by atoms with Gasteiger partial charge in [-0.3, -0.25) is 10.1 Å². The number of imide groups is 1. The van der Waals surface area contributed by atoms with Gasteiger partial charge in [0.1, 0.15) is 6.04 Å². The molecule has 0 aliphatic carbocycles. The van der Waals surface area contributed by atoms with Gasteiger partial charge >= 0.3 is 6.03 Å². The van der Waals surface area contributed by atoms with E-state index in [1.165, 1.54) is 11.3 Å². The van der Waals surface area contributed by atoms with Crippen LogP contribution in [0.1, 0.15) is 11.6 Å². The molecule has 2 heterocycles. The molecule has 2 rings (SSSR count). The standard InChI is InChI=1S/C7H5ClN2O2S/c8-5-3(1-2-13-5)4-6(11)10-7(12)9-4/h1-2,4H,(H2,9,10,11,12). The lowest BCUT2D eigenvalue weighted by atomic mass is 10.1. The van der Waals surface area contributed by atoms with E-state index in [0.717, 1.165) is 0 Å². The van der Waals surface area contributed by atoms with E-state index >= 15 is 0 Å². The van der Waals surface area contributed by atoms with Crippen LogP contribution in [0.15, 0.2) is 11.4 Å². The normalized spacial score (nSPS) is 21.5. The van der Waals surface area contributed by atoms with Gasteiger partial charge in [-0.25, -0.2) is 4.79 Å². The third kappa shape index (κ3) is 1.40. The topological polar surface area (TPSA) is 58.2 Å². The highest BCUT2D eigenvalue weighted by Gasteiger charge is 2.32. The number of carbonyl (C=O) groups is 2. The highest BCUT2D eigenvalue weighted by atomic mass is 35.5. The number of halogens is 1. The van der Waals surface area contributed by atoms with Crippen molar-refractivity contribution in [1.29, 1.82) is 0 Å². The molecule has 0 radical (unpaired) electrons. The minimum atomic E-state index is -0.633. The number of hydrogen-bond acceptors (Lipinski definition) is 3. The molecule has 1 aromatic heterocycles. The van der Waals surface area contributed by atoms with Crippen LogP contribution in [0, 0.1) is 0 Å². The highest BCUT2D eigenvalue weighted by Crippen LogP contribution is 2.29. The summed E-state index contributed by atoms with van der Waals surface area (Å²) in [6.07, 6.45) is 0. The summed E-state index contributed by atoms with van der Waals surface area (Å²) in [6, 6.07) is 0.617. The molecule has 1 saturated heterocycles. The van der Waals surface area contributed by atoms with E-state index < -0.39 is 12.1 Å². The van der Waals surface area contributed by atoms with Crippen molar-refractivity contribution in [2.45, 2.75) is 6.04 Å². The van der Waals surface area contributed by atoms with Crippen molar-refractivity contribution in [3.05, 3.63) is 21.3 Å². The Bertz CT molecular complexity index is 376. The number of urea groups is 1. The van der Waals surface area contributed by atoms with Crippen molar-refractivity contribution >= 4 is 34.9 Å². The molecular weight excluding hydrogens is 212 g/mol. The Labute approximate surface area is 82.9 Å². The Morgan fingerprint density at radius 3 is 2.69 bits per heavy atom. The van der Waals surface area contributed by atoms with Crippen molar-refractivity contribution in [3.63, 3.8) is 0 Å². The lowest BCUT2D eigenvalue weighted by Gasteiger charge is -2.04. The average molecular weight is 217 g/mol. The quantitative estimate of drug-likeness (QED) is 0.695. The van der Waals surface area contributed by atoms with Crippen molar-refractivity contribution in [1.82, 2.24) is 10.6 Å². The lowest BCUT2D eigenvalue weighted by molar-refractivity contribution is -0.120. The largest absolute Gasteiger partial charge is 0.322 e. The van der Waals surface area contributed by atoms with Gasteiger partial charge in [-0.05, 0) is 11.4 Å². The van der Waals surface area contributed by atoms with Gasteiger partial charge in [0.05, 0.1) is 4.34 Å². The van der Waals surface area contributed by atoms with Gasteiger partial charge in [-0.1, -0.05) is 11.6 Å². The SMILES string of the molecule is O=C1NC(=O)C(c2ccsc2Cl)N1. The highest BCUT2D eigenvalue weighted by molar-refractivity contribution is 7.14. The zero-order valence-corrected chi connectivity index (χ0v) is 7.91. The fourth-order valence-corrected chi connectivity index (χ4v) is 2.13. The molecule has 2 N–H and O–H groups in total. The fraction of sp³-hybridized carbons (Fsp3) is 0.143. The molecular formula is C7H5ClN2O2S. The molecule has 0 saturated carbocycles. The molecule has 0 spiro atoms. The van der Waals surface area contributed by atoms with Crippen LogP contribution in [0.25, 0.3) is 0 Å². The molecule has 13 heavy (non-hydrogen) atoms. The van der Waals surface area contributed by atoms with Gasteiger partial charge in [-0.15, -0.1) is 11.3 Å². The minimum Gasteiger partial charge on any atom is -0.322 e. The van der Waals surface area contributed by atoms with E-state index in [9.17, 15) is 9.59 Å². The van der Waals surface area contributed by atoms with Crippen molar-refractivity contribution in [3.8, 4) is 0 Å². The monoisotopic (exact) mass is 216 g/mol. The molecule has 0 bridgehead atoms. The van der Waals surface area contributed by atoms with E-state index in [2.05, 4.69) is 10.6 Å². The van der Waals surface area contributed by atoms with Crippen LogP contribution >= 0.6 is 22.9 Å². The zero-order valence-electron chi connectivity index (χ0n) is 6.33. The summed E-state index contributed by atoms with van der Waals surface area (Å²) in [5.74, 6) is -0.356. The summed E-state index contributed by atoms with van der Waals surface area (Å²) >= 11 is 7.15. The fourth-order valence-electron chi connectivity index (χ4n) is 1.15. The first-order valence-corrected chi connectivity index (χ1v) is 4.78. The molecule has 1 atom stereocenters. The van der Waals surface area contributed by atoms with Crippen LogP contribution in [-0.4, -0.2) is 11.9 Å². The second-order valence-corrected chi connectivity index (χ2v) is 4.06. The maximum atomic E-state index is 11.2. The molecule has 4 nitrogen and oxygen atoms in total. The van der Waals surface area contributed by atoms with Crippen LogP contribution < -0.4 is 10.6 Å². The van der Waals surface area contributed by atoms with Crippen LogP contribution in [0.2, 0.25) is 4.34 Å². The third-order valence-corrected chi connectivity index (χ3v) is 2.93. The Balaban J connectivity index is 2.32. The average Bonchev–Trinajstić information content (AvgIpc) is 2.58. The number of thiophene rings is 1. The second-order valence-electron chi connectivity index (χ2n) is 2.55. The molecule has 1 aliphatic rings. The molecule has 0 aromatic carbocycles. The Morgan fingerprint density at radius 1 is 1.46 bits per heavy atom. The maximum absolute atomic E-state index is 11.2. The van der Waals surface area contributed by atoms with Gasteiger partial charge in [0.25, 0.3) is 5.91 Å². The number of amides is 3. The van der Waals surface area contributed by atoms with Crippen LogP contribution in [0.4, 0.5) is 4.79 Å². The van der Waals surface area contributed by atoms with Crippen molar-refractivity contribution in [2.24, 2.45) is 0 Å². The van der Waals surface area contributed by atoms with Crippen LogP contribution in [0.3, 0.4) is 0 Å². The van der Waals surface area contributed by atoms with E-state index in [1.807, 2.05) is 0 Å². The molecule has 68 valence electrons. The number of nitrogens with one attached hydrogen (secondary N) is 2. The molecule has 3 amide bonds. The number of hydrogen-bond donors (Lipinski definition) is 2. The Morgan fingerprint density at radius 2 is 2.23 bits per heavy atom. The van der Waals surface area contributed by atoms with E-state index in [0.29, 0.717) is 9.90 Å². The minimum absolute atomic E-state index is 0.356. The van der Waals surface area contributed by atoms with Gasteiger partial charge in [-0.2, -0.15) is 0 Å². The summed E-state index contributed by atoms with van der Waals surface area (Å²) in [4.78, 5) is 22.0. The number of carbonyl (C=O) groups excluding carboxylic acids is 2. The van der Waals surface area contributed by atoms with Gasteiger partial charge < -0.3 is 5.32 Å². The van der Waals surface area contributed by atoms with E-state index in [4.69, 9.17) is 11.6 Å². The summed E-state index contributed by atoms with van der Waals surface area (Å²) < 4.78 is 0.530. The second kappa shape index (κ2) is 3.01. The first kappa shape index (κ1) is 8.52. The smallest absolute Gasteiger partial charge is 0.322 e. The molecule has 1 fully saturated rings. The Kier molecular flexibility index (Phi) is 1.97. The molecule has 1 unspecified atom stereocenters. The van der Waals surface area contributed by atoms with E-state index in [1.54, 1.807) is 11.4 Å². The molecule has 6 heteroatoms. The summed E-state index contributed by atoms with van der Waals surface area (Å²) in [5.41, 5.74) is 0.648. The Hall–Kier alpha value is -1.07. The third-order valence-electron chi connectivity index (χ3n) is 1.73. The van der Waals surface area contributed by atoms with Crippen LogP contribution in [0.5, 0.6) is 0 Å². The lowest BCUT2D eigenvalue weighted by Crippen LogP contribution is -2.22. The zero-order chi connectivity index (χ0) is 9.42. The first-order chi connectivity index (χ1) is 6.18. The van der Waals surface area contributed by atoms with Gasteiger partial charge in [0.15, 0.2) is 0 Å². The summed E-state index contributed by atoms with van der Waals surface area (Å²) in [6.45, 7) is 0. The predicted octanol–water partition coefficient (Wildman–Crippen LogP) is 1.28.